The normalized spacial score (nSPS) is 10.4. The maximum Gasteiger partial charge on any atom is 0.319 e. The highest BCUT2D eigenvalue weighted by Crippen LogP contribution is 2.16. The van der Waals surface area contributed by atoms with Crippen LogP contribution in [0.2, 0.25) is 5.02 Å². The van der Waals surface area contributed by atoms with E-state index in [-0.39, 0.29) is 12.1 Å². The molecule has 2 aromatic rings. The number of benzene rings is 2. The fraction of sp³-hybridized carbons (Fsp3) is 0.235. The monoisotopic (exact) mass is 318 g/mol. The van der Waals surface area contributed by atoms with Gasteiger partial charge in [-0.25, -0.2) is 4.79 Å². The van der Waals surface area contributed by atoms with Crippen LogP contribution in [-0.2, 0) is 6.54 Å². The van der Waals surface area contributed by atoms with E-state index in [0.717, 1.165) is 11.3 Å². The van der Waals surface area contributed by atoms with Crippen molar-refractivity contribution < 1.29 is 9.53 Å². The summed E-state index contributed by atoms with van der Waals surface area (Å²) in [6, 6.07) is 14.4. The number of carbonyl (C=O) groups excluding carboxylic acids is 1. The summed E-state index contributed by atoms with van der Waals surface area (Å²) in [4.78, 5) is 11.9. The van der Waals surface area contributed by atoms with Crippen LogP contribution in [0.3, 0.4) is 0 Å². The van der Waals surface area contributed by atoms with E-state index in [4.69, 9.17) is 16.3 Å². The van der Waals surface area contributed by atoms with Crippen LogP contribution >= 0.6 is 11.6 Å². The number of carbonyl (C=O) groups is 1. The van der Waals surface area contributed by atoms with Crippen molar-refractivity contribution in [1.29, 1.82) is 0 Å². The summed E-state index contributed by atoms with van der Waals surface area (Å²) in [7, 11) is 0. The van der Waals surface area contributed by atoms with Gasteiger partial charge in [-0.05, 0) is 49.7 Å². The fourth-order valence-corrected chi connectivity index (χ4v) is 2.12. The van der Waals surface area contributed by atoms with Gasteiger partial charge in [-0.2, -0.15) is 0 Å². The molecular weight excluding hydrogens is 300 g/mol. The lowest BCUT2D eigenvalue weighted by atomic mass is 10.2. The first-order chi connectivity index (χ1) is 10.5. The quantitative estimate of drug-likeness (QED) is 0.855. The number of hydrogen-bond acceptors (Lipinski definition) is 2. The van der Waals surface area contributed by atoms with Gasteiger partial charge in [0.1, 0.15) is 5.75 Å². The number of ether oxygens (including phenoxy) is 1. The molecule has 0 bridgehead atoms. The zero-order valence-electron chi connectivity index (χ0n) is 12.6. The van der Waals surface area contributed by atoms with Gasteiger partial charge in [-0.15, -0.1) is 0 Å². The van der Waals surface area contributed by atoms with Gasteiger partial charge in [-0.1, -0.05) is 29.8 Å². The van der Waals surface area contributed by atoms with Gasteiger partial charge in [0.05, 0.1) is 6.10 Å². The van der Waals surface area contributed by atoms with E-state index in [2.05, 4.69) is 10.6 Å². The first-order valence-corrected chi connectivity index (χ1v) is 7.47. The van der Waals surface area contributed by atoms with Crippen LogP contribution in [0.1, 0.15) is 19.4 Å². The number of anilines is 1. The molecule has 5 heteroatoms. The molecular formula is C17H19ClN2O2. The third-order valence-corrected chi connectivity index (χ3v) is 3.04. The lowest BCUT2D eigenvalue weighted by Gasteiger charge is -2.12. The van der Waals surface area contributed by atoms with E-state index in [1.807, 2.05) is 38.1 Å². The van der Waals surface area contributed by atoms with E-state index >= 15 is 0 Å². The van der Waals surface area contributed by atoms with Crippen molar-refractivity contribution in [2.45, 2.75) is 26.5 Å². The second-order valence-corrected chi connectivity index (χ2v) is 5.57. The molecule has 116 valence electrons. The van der Waals surface area contributed by atoms with E-state index in [0.29, 0.717) is 17.3 Å². The van der Waals surface area contributed by atoms with Crippen molar-refractivity contribution in [1.82, 2.24) is 5.32 Å². The number of halogens is 1. The molecule has 2 aromatic carbocycles. The summed E-state index contributed by atoms with van der Waals surface area (Å²) in [5, 5.41) is 6.11. The third-order valence-electron chi connectivity index (χ3n) is 2.81. The Bertz CT molecular complexity index is 644. The van der Waals surface area contributed by atoms with Gasteiger partial charge in [-0.3, -0.25) is 0 Å². The minimum absolute atomic E-state index is 0.120. The Morgan fingerprint density at radius 2 is 1.95 bits per heavy atom. The minimum Gasteiger partial charge on any atom is -0.491 e. The van der Waals surface area contributed by atoms with Gasteiger partial charge >= 0.3 is 6.03 Å². The molecule has 0 aliphatic rings. The summed E-state index contributed by atoms with van der Waals surface area (Å²) >= 11 is 5.87. The lowest BCUT2D eigenvalue weighted by molar-refractivity contribution is 0.242. The Morgan fingerprint density at radius 3 is 2.68 bits per heavy atom. The maximum atomic E-state index is 11.9. The van der Waals surface area contributed by atoms with Gasteiger partial charge in [0.2, 0.25) is 0 Å². The largest absolute Gasteiger partial charge is 0.491 e. The molecule has 22 heavy (non-hydrogen) atoms. The predicted molar refractivity (Wildman–Crippen MR) is 89.5 cm³/mol. The standard InChI is InChI=1S/C17H19ClN2O2/c1-12(2)22-16-8-3-5-13(9-16)11-19-17(21)20-15-7-4-6-14(18)10-15/h3-10,12H,11H2,1-2H3,(H2,19,20,21). The molecule has 0 heterocycles. The third kappa shape index (κ3) is 5.30. The van der Waals surface area contributed by atoms with Crippen LogP contribution in [0.15, 0.2) is 48.5 Å². The molecule has 0 radical (unpaired) electrons. The van der Waals surface area contributed by atoms with Crippen molar-refractivity contribution in [2.75, 3.05) is 5.32 Å². The molecule has 0 unspecified atom stereocenters. The molecule has 0 saturated heterocycles. The smallest absolute Gasteiger partial charge is 0.319 e. The molecule has 2 amide bonds. The van der Waals surface area contributed by atoms with Crippen LogP contribution < -0.4 is 15.4 Å². The molecule has 0 aliphatic heterocycles. The van der Waals surface area contributed by atoms with Crippen molar-refractivity contribution >= 4 is 23.3 Å². The van der Waals surface area contributed by atoms with Crippen LogP contribution in [0, 0.1) is 0 Å². The van der Waals surface area contributed by atoms with E-state index < -0.39 is 0 Å². The molecule has 2 rings (SSSR count). The zero-order chi connectivity index (χ0) is 15.9. The Hall–Kier alpha value is -2.20. The summed E-state index contributed by atoms with van der Waals surface area (Å²) in [6.07, 6.45) is 0.120. The first kappa shape index (κ1) is 16.2. The number of urea groups is 1. The Morgan fingerprint density at radius 1 is 1.18 bits per heavy atom. The number of rotatable bonds is 5. The molecule has 0 aromatic heterocycles. The average Bonchev–Trinajstić information content (AvgIpc) is 2.45. The average molecular weight is 319 g/mol. The Labute approximate surface area is 135 Å². The van der Waals surface area contributed by atoms with Gasteiger partial charge in [0, 0.05) is 17.3 Å². The van der Waals surface area contributed by atoms with Gasteiger partial charge in [0.25, 0.3) is 0 Å². The lowest BCUT2D eigenvalue weighted by Crippen LogP contribution is -2.28. The molecule has 0 atom stereocenters. The topological polar surface area (TPSA) is 50.4 Å². The van der Waals surface area contributed by atoms with Gasteiger partial charge < -0.3 is 15.4 Å². The summed E-state index contributed by atoms with van der Waals surface area (Å²) in [6.45, 7) is 4.37. The van der Waals surface area contributed by atoms with Crippen molar-refractivity contribution in [3.8, 4) is 5.75 Å². The molecule has 0 saturated carbocycles. The second-order valence-electron chi connectivity index (χ2n) is 5.13. The van der Waals surface area contributed by atoms with E-state index in [9.17, 15) is 4.79 Å². The van der Waals surface area contributed by atoms with Gasteiger partial charge in [0.15, 0.2) is 0 Å². The molecule has 0 fully saturated rings. The van der Waals surface area contributed by atoms with Crippen molar-refractivity contribution in [3.63, 3.8) is 0 Å². The van der Waals surface area contributed by atoms with Crippen molar-refractivity contribution in [3.05, 3.63) is 59.1 Å². The summed E-state index contributed by atoms with van der Waals surface area (Å²) in [5.41, 5.74) is 1.63. The number of hydrogen-bond donors (Lipinski definition) is 2. The fourth-order valence-electron chi connectivity index (χ4n) is 1.92. The molecule has 2 N–H and O–H groups in total. The predicted octanol–water partition coefficient (Wildman–Crippen LogP) is 4.45. The van der Waals surface area contributed by atoms with Crippen molar-refractivity contribution in [2.24, 2.45) is 0 Å². The Kier molecular flexibility index (Phi) is 5.67. The highest BCUT2D eigenvalue weighted by atomic mass is 35.5. The summed E-state index contributed by atoms with van der Waals surface area (Å²) < 4.78 is 5.63. The minimum atomic E-state index is -0.280. The van der Waals surface area contributed by atoms with Crippen LogP contribution in [0.4, 0.5) is 10.5 Å². The SMILES string of the molecule is CC(C)Oc1cccc(CNC(=O)Nc2cccc(Cl)c2)c1. The molecule has 0 spiro atoms. The van der Waals surface area contributed by atoms with E-state index in [1.165, 1.54) is 0 Å². The summed E-state index contributed by atoms with van der Waals surface area (Å²) in [5.74, 6) is 0.796. The second kappa shape index (κ2) is 7.71. The first-order valence-electron chi connectivity index (χ1n) is 7.09. The van der Waals surface area contributed by atoms with E-state index in [1.54, 1.807) is 24.3 Å². The molecule has 4 nitrogen and oxygen atoms in total. The zero-order valence-corrected chi connectivity index (χ0v) is 13.4. The maximum absolute atomic E-state index is 11.9. The number of amides is 2. The highest BCUT2D eigenvalue weighted by molar-refractivity contribution is 6.30. The Balaban J connectivity index is 1.88. The van der Waals surface area contributed by atoms with Crippen LogP contribution in [0.25, 0.3) is 0 Å². The van der Waals surface area contributed by atoms with Crippen LogP contribution in [-0.4, -0.2) is 12.1 Å². The highest BCUT2D eigenvalue weighted by Gasteiger charge is 2.04. The van der Waals surface area contributed by atoms with Crippen LogP contribution in [0.5, 0.6) is 5.75 Å². The number of nitrogens with one attached hydrogen (secondary N) is 2. The molecule has 0 aliphatic carbocycles.